The Kier molecular flexibility index (Phi) is 3.31. The van der Waals surface area contributed by atoms with Gasteiger partial charge in [0.1, 0.15) is 6.67 Å². The second kappa shape index (κ2) is 4.05. The van der Waals surface area contributed by atoms with Crippen LogP contribution in [0, 0.1) is 5.92 Å². The Balaban J connectivity index is 2.27. The topological polar surface area (TPSA) is 3.24 Å². The van der Waals surface area contributed by atoms with Gasteiger partial charge in [-0.1, -0.05) is 6.92 Å². The van der Waals surface area contributed by atoms with Crippen molar-refractivity contribution in [2.24, 2.45) is 5.92 Å². The monoisotopic (exact) mass is 159 g/mol. The zero-order chi connectivity index (χ0) is 8.27. The molecule has 1 atom stereocenters. The van der Waals surface area contributed by atoms with E-state index < -0.39 is 0 Å². The average Bonchev–Trinajstić information content (AvgIpc) is 2.05. The molecule has 0 N–H and O–H groups in total. The maximum atomic E-state index is 12.2. The van der Waals surface area contributed by atoms with E-state index in [1.54, 1.807) is 0 Å². The summed E-state index contributed by atoms with van der Waals surface area (Å²) >= 11 is 0. The van der Waals surface area contributed by atoms with Gasteiger partial charge < -0.3 is 0 Å². The van der Waals surface area contributed by atoms with E-state index in [1.807, 2.05) is 6.92 Å². The number of hydrogen-bond acceptors (Lipinski definition) is 1. The van der Waals surface area contributed by atoms with Gasteiger partial charge in [0.15, 0.2) is 0 Å². The Bertz CT molecular complexity index is 108. The van der Waals surface area contributed by atoms with Gasteiger partial charge in [-0.3, -0.25) is 4.90 Å². The highest BCUT2D eigenvalue weighted by atomic mass is 19.1. The van der Waals surface area contributed by atoms with E-state index in [0.717, 1.165) is 19.0 Å². The molecule has 0 spiro atoms. The molecule has 0 radical (unpaired) electrons. The van der Waals surface area contributed by atoms with Gasteiger partial charge in [0.05, 0.1) is 0 Å². The van der Waals surface area contributed by atoms with Crippen molar-refractivity contribution < 1.29 is 4.39 Å². The summed E-state index contributed by atoms with van der Waals surface area (Å²) in [6, 6.07) is 0.141. The minimum absolute atomic E-state index is 0.141. The van der Waals surface area contributed by atoms with Crippen LogP contribution in [-0.2, 0) is 0 Å². The minimum Gasteiger partial charge on any atom is -0.298 e. The summed E-state index contributed by atoms with van der Waals surface area (Å²) in [6.07, 6.45) is 2.48. The Morgan fingerprint density at radius 2 is 2.00 bits per heavy atom. The van der Waals surface area contributed by atoms with Crippen LogP contribution >= 0.6 is 0 Å². The quantitative estimate of drug-likeness (QED) is 0.596. The SMILES string of the molecule is CC1CCN(C(C)CF)CC1. The molecule has 0 amide bonds. The van der Waals surface area contributed by atoms with Gasteiger partial charge >= 0.3 is 0 Å². The van der Waals surface area contributed by atoms with Crippen molar-refractivity contribution in [3.63, 3.8) is 0 Å². The molecule has 0 aliphatic carbocycles. The third-order valence-electron chi connectivity index (χ3n) is 2.66. The van der Waals surface area contributed by atoms with Crippen molar-refractivity contribution in [3.05, 3.63) is 0 Å². The van der Waals surface area contributed by atoms with Crippen molar-refractivity contribution >= 4 is 0 Å². The summed E-state index contributed by atoms with van der Waals surface area (Å²) in [5, 5.41) is 0. The Morgan fingerprint density at radius 3 is 2.45 bits per heavy atom. The molecule has 1 fully saturated rings. The number of nitrogens with zero attached hydrogens (tertiary/aromatic N) is 1. The van der Waals surface area contributed by atoms with Crippen molar-refractivity contribution in [3.8, 4) is 0 Å². The molecule has 1 rings (SSSR count). The Hall–Kier alpha value is -0.110. The van der Waals surface area contributed by atoms with Crippen molar-refractivity contribution in [1.29, 1.82) is 0 Å². The third-order valence-corrected chi connectivity index (χ3v) is 2.66. The first-order valence-corrected chi connectivity index (χ1v) is 4.54. The van der Waals surface area contributed by atoms with Gasteiger partial charge in [-0.25, -0.2) is 4.39 Å². The molecule has 1 saturated heterocycles. The van der Waals surface area contributed by atoms with Gasteiger partial charge in [-0.15, -0.1) is 0 Å². The summed E-state index contributed by atoms with van der Waals surface area (Å²) < 4.78 is 12.2. The zero-order valence-corrected chi connectivity index (χ0v) is 7.52. The van der Waals surface area contributed by atoms with E-state index in [9.17, 15) is 4.39 Å². The highest BCUT2D eigenvalue weighted by Crippen LogP contribution is 2.17. The maximum Gasteiger partial charge on any atom is 0.105 e. The van der Waals surface area contributed by atoms with Gasteiger partial charge in [0.2, 0.25) is 0 Å². The zero-order valence-electron chi connectivity index (χ0n) is 7.52. The minimum atomic E-state index is -0.200. The van der Waals surface area contributed by atoms with Crippen LogP contribution in [0.15, 0.2) is 0 Å². The normalized spacial score (nSPS) is 25.4. The van der Waals surface area contributed by atoms with Crippen molar-refractivity contribution in [1.82, 2.24) is 4.90 Å². The number of alkyl halides is 1. The molecule has 0 aromatic carbocycles. The predicted molar refractivity (Wildman–Crippen MR) is 45.4 cm³/mol. The van der Waals surface area contributed by atoms with E-state index in [2.05, 4.69) is 11.8 Å². The lowest BCUT2D eigenvalue weighted by Crippen LogP contribution is -2.40. The predicted octanol–water partition coefficient (Wildman–Crippen LogP) is 2.08. The van der Waals surface area contributed by atoms with Crippen LogP contribution in [0.25, 0.3) is 0 Å². The summed E-state index contributed by atoms with van der Waals surface area (Å²) in [5.41, 5.74) is 0. The van der Waals surface area contributed by atoms with Crippen LogP contribution in [-0.4, -0.2) is 30.7 Å². The van der Waals surface area contributed by atoms with Crippen molar-refractivity contribution in [2.45, 2.75) is 32.7 Å². The average molecular weight is 159 g/mol. The summed E-state index contributed by atoms with van der Waals surface area (Å²) in [4.78, 5) is 2.25. The van der Waals surface area contributed by atoms with Crippen LogP contribution in [0.2, 0.25) is 0 Å². The van der Waals surface area contributed by atoms with Crippen LogP contribution in [0.3, 0.4) is 0 Å². The van der Waals surface area contributed by atoms with Crippen LogP contribution in [0.4, 0.5) is 4.39 Å². The number of rotatable bonds is 2. The molecule has 0 aromatic heterocycles. The molecule has 0 bridgehead atoms. The second-order valence-electron chi connectivity index (χ2n) is 3.72. The molecule has 11 heavy (non-hydrogen) atoms. The number of hydrogen-bond donors (Lipinski definition) is 0. The third kappa shape index (κ3) is 2.44. The molecule has 0 aromatic rings. The lowest BCUT2D eigenvalue weighted by atomic mass is 9.98. The molecule has 1 unspecified atom stereocenters. The van der Waals surface area contributed by atoms with E-state index >= 15 is 0 Å². The first-order valence-electron chi connectivity index (χ1n) is 4.54. The summed E-state index contributed by atoms with van der Waals surface area (Å²) in [5.74, 6) is 0.845. The smallest absolute Gasteiger partial charge is 0.105 e. The van der Waals surface area contributed by atoms with E-state index in [-0.39, 0.29) is 12.7 Å². The second-order valence-corrected chi connectivity index (χ2v) is 3.72. The molecule has 1 aliphatic heterocycles. The lowest BCUT2D eigenvalue weighted by Gasteiger charge is -2.33. The maximum absolute atomic E-state index is 12.2. The fourth-order valence-corrected chi connectivity index (χ4v) is 1.57. The van der Waals surface area contributed by atoms with Crippen LogP contribution in [0.1, 0.15) is 26.7 Å². The number of piperidine rings is 1. The van der Waals surface area contributed by atoms with Crippen LogP contribution in [0.5, 0.6) is 0 Å². The Labute approximate surface area is 68.6 Å². The summed E-state index contributed by atoms with van der Waals surface area (Å²) in [6.45, 7) is 6.22. The standard InChI is InChI=1S/C9H18FN/c1-8-3-5-11(6-4-8)9(2)7-10/h8-9H,3-7H2,1-2H3. The lowest BCUT2D eigenvalue weighted by molar-refractivity contribution is 0.128. The molecular formula is C9H18FN. The molecule has 1 heterocycles. The fourth-order valence-electron chi connectivity index (χ4n) is 1.57. The van der Waals surface area contributed by atoms with Gasteiger partial charge in [-0.05, 0) is 38.8 Å². The molecule has 2 heteroatoms. The van der Waals surface area contributed by atoms with E-state index in [1.165, 1.54) is 12.8 Å². The molecule has 1 nitrogen and oxygen atoms in total. The number of likely N-dealkylation sites (tertiary alicyclic amines) is 1. The largest absolute Gasteiger partial charge is 0.298 e. The molecule has 0 saturated carbocycles. The van der Waals surface area contributed by atoms with Crippen molar-refractivity contribution in [2.75, 3.05) is 19.8 Å². The Morgan fingerprint density at radius 1 is 1.45 bits per heavy atom. The van der Waals surface area contributed by atoms with Crippen LogP contribution < -0.4 is 0 Å². The van der Waals surface area contributed by atoms with Gasteiger partial charge in [-0.2, -0.15) is 0 Å². The first-order chi connectivity index (χ1) is 5.24. The highest BCUT2D eigenvalue weighted by Gasteiger charge is 2.19. The van der Waals surface area contributed by atoms with E-state index in [0.29, 0.717) is 0 Å². The molecule has 66 valence electrons. The molecular weight excluding hydrogens is 141 g/mol. The van der Waals surface area contributed by atoms with Gasteiger partial charge in [0.25, 0.3) is 0 Å². The summed E-state index contributed by atoms with van der Waals surface area (Å²) in [7, 11) is 0. The van der Waals surface area contributed by atoms with E-state index in [4.69, 9.17) is 0 Å². The molecule has 1 aliphatic rings. The fraction of sp³-hybridized carbons (Fsp3) is 1.00. The first kappa shape index (κ1) is 8.98. The number of halogens is 1. The van der Waals surface area contributed by atoms with Gasteiger partial charge in [0, 0.05) is 6.04 Å². The highest BCUT2D eigenvalue weighted by molar-refractivity contribution is 4.73.